The Morgan fingerprint density at radius 2 is 1.97 bits per heavy atom. The highest BCUT2D eigenvalue weighted by molar-refractivity contribution is 7.89. The molecule has 1 aliphatic heterocycles. The van der Waals surface area contributed by atoms with Gasteiger partial charge in [-0.25, -0.2) is 8.42 Å². The van der Waals surface area contributed by atoms with Crippen molar-refractivity contribution in [1.29, 1.82) is 0 Å². The summed E-state index contributed by atoms with van der Waals surface area (Å²) in [4.78, 5) is 24.4. The number of aryl methyl sites for hydroxylation is 2. The van der Waals surface area contributed by atoms with Crippen LogP contribution < -0.4 is 15.4 Å². The van der Waals surface area contributed by atoms with E-state index in [1.54, 1.807) is 25.1 Å². The van der Waals surface area contributed by atoms with E-state index in [1.165, 1.54) is 13.1 Å². The van der Waals surface area contributed by atoms with Gasteiger partial charge in [0, 0.05) is 18.8 Å². The van der Waals surface area contributed by atoms with E-state index in [4.69, 9.17) is 4.74 Å². The number of carbonyl (C=O) groups is 2. The van der Waals surface area contributed by atoms with Crippen LogP contribution in [-0.4, -0.2) is 44.2 Å². The van der Waals surface area contributed by atoms with Crippen molar-refractivity contribution in [2.75, 3.05) is 24.2 Å². The molecule has 2 amide bonds. The van der Waals surface area contributed by atoms with Crippen LogP contribution in [0.1, 0.15) is 24.5 Å². The van der Waals surface area contributed by atoms with Gasteiger partial charge >= 0.3 is 0 Å². The average molecular weight is 432 g/mol. The van der Waals surface area contributed by atoms with Crippen molar-refractivity contribution in [2.45, 2.75) is 38.2 Å². The first-order valence-electron chi connectivity index (χ1n) is 9.57. The summed E-state index contributed by atoms with van der Waals surface area (Å²) in [6.07, 6.45) is -0.214. The van der Waals surface area contributed by atoms with Crippen molar-refractivity contribution in [3.8, 4) is 5.75 Å². The van der Waals surface area contributed by atoms with Gasteiger partial charge in [0.15, 0.2) is 6.10 Å². The molecule has 0 aromatic heterocycles. The van der Waals surface area contributed by atoms with Crippen LogP contribution in [0.2, 0.25) is 0 Å². The molecule has 0 radical (unpaired) electrons. The fourth-order valence-corrected chi connectivity index (χ4v) is 4.55. The van der Waals surface area contributed by atoms with Gasteiger partial charge in [0.1, 0.15) is 5.75 Å². The van der Waals surface area contributed by atoms with Crippen LogP contribution in [-0.2, 0) is 19.6 Å². The molecule has 160 valence electrons. The number of carbonyl (C=O) groups excluding carboxylic acids is 2. The van der Waals surface area contributed by atoms with E-state index in [2.05, 4.69) is 10.6 Å². The number of likely N-dealkylation sites (N-methyl/N-ethyl adjacent to an activating group) is 1. The zero-order valence-corrected chi connectivity index (χ0v) is 18.2. The van der Waals surface area contributed by atoms with Crippen LogP contribution in [0.3, 0.4) is 0 Å². The Hall–Kier alpha value is -2.91. The summed E-state index contributed by atoms with van der Waals surface area (Å²) in [6.45, 7) is 4.99. The maximum atomic E-state index is 13.1. The van der Waals surface area contributed by atoms with Gasteiger partial charge in [-0.3, -0.25) is 9.59 Å². The Morgan fingerprint density at radius 1 is 1.23 bits per heavy atom. The number of rotatable bonds is 6. The zero-order valence-electron chi connectivity index (χ0n) is 17.4. The molecule has 0 unspecified atom stereocenters. The van der Waals surface area contributed by atoms with E-state index in [9.17, 15) is 18.0 Å². The molecule has 2 N–H and O–H groups in total. The molecule has 1 heterocycles. The first-order valence-corrected chi connectivity index (χ1v) is 11.0. The second-order valence-electron chi connectivity index (χ2n) is 7.30. The van der Waals surface area contributed by atoms with Gasteiger partial charge in [0.05, 0.1) is 17.1 Å². The highest BCUT2D eigenvalue weighted by atomic mass is 32.2. The van der Waals surface area contributed by atoms with Crippen molar-refractivity contribution in [2.24, 2.45) is 0 Å². The normalized spacial score (nSPS) is 15.9. The van der Waals surface area contributed by atoms with Crippen LogP contribution in [0.15, 0.2) is 41.3 Å². The molecular weight excluding hydrogens is 406 g/mol. The lowest BCUT2D eigenvalue weighted by Crippen LogP contribution is -2.37. The Morgan fingerprint density at radius 3 is 2.63 bits per heavy atom. The molecule has 2 aromatic carbocycles. The predicted octanol–water partition coefficient (Wildman–Crippen LogP) is 2.67. The third-order valence-electron chi connectivity index (χ3n) is 4.82. The number of nitrogens with zero attached hydrogens (tertiary/aromatic N) is 1. The third-order valence-corrected chi connectivity index (χ3v) is 6.77. The van der Waals surface area contributed by atoms with Crippen molar-refractivity contribution in [3.63, 3.8) is 0 Å². The molecular formula is C21H25N3O5S. The van der Waals surface area contributed by atoms with Crippen LogP contribution in [0.4, 0.5) is 11.4 Å². The van der Waals surface area contributed by atoms with Gasteiger partial charge in [-0.1, -0.05) is 19.1 Å². The number of nitrogens with one attached hydrogen (secondary N) is 2. The number of fused-ring (bicyclic) bond motifs is 1. The number of ether oxygens (including phenoxy) is 1. The lowest BCUT2D eigenvalue weighted by atomic mass is 10.1. The number of hydrogen-bond acceptors (Lipinski definition) is 5. The number of hydrogen-bond donors (Lipinski definition) is 2. The first kappa shape index (κ1) is 21.8. The van der Waals surface area contributed by atoms with Crippen LogP contribution in [0.25, 0.3) is 0 Å². The monoisotopic (exact) mass is 431 g/mol. The molecule has 0 saturated carbocycles. The van der Waals surface area contributed by atoms with Crippen molar-refractivity contribution >= 4 is 33.2 Å². The molecule has 0 saturated heterocycles. The summed E-state index contributed by atoms with van der Waals surface area (Å²) in [5, 5.41) is 5.44. The summed E-state index contributed by atoms with van der Waals surface area (Å²) >= 11 is 0. The van der Waals surface area contributed by atoms with E-state index < -0.39 is 22.0 Å². The molecule has 0 bridgehead atoms. The van der Waals surface area contributed by atoms with E-state index in [-0.39, 0.29) is 17.3 Å². The summed E-state index contributed by atoms with van der Waals surface area (Å²) in [6, 6.07) is 10.2. The first-order chi connectivity index (χ1) is 14.1. The Bertz CT molecular complexity index is 1100. The van der Waals surface area contributed by atoms with E-state index in [0.717, 1.165) is 9.87 Å². The van der Waals surface area contributed by atoms with Gasteiger partial charge in [0.25, 0.3) is 5.91 Å². The minimum atomic E-state index is -3.96. The SMILES string of the molecule is CC[C@H]1Oc2cc(S(=O)(=O)N(C)CC(=O)Nc3cccc(C)c3)c(C)cc2NC1=O. The number of benzene rings is 2. The second kappa shape index (κ2) is 8.45. The van der Waals surface area contributed by atoms with Gasteiger partial charge in [-0.05, 0) is 49.6 Å². The minimum Gasteiger partial charge on any atom is -0.478 e. The second-order valence-corrected chi connectivity index (χ2v) is 9.31. The Kier molecular flexibility index (Phi) is 6.14. The summed E-state index contributed by atoms with van der Waals surface area (Å²) < 4.78 is 32.9. The molecule has 0 fully saturated rings. The maximum Gasteiger partial charge on any atom is 0.265 e. The molecule has 1 atom stereocenters. The van der Waals surface area contributed by atoms with Gasteiger partial charge < -0.3 is 15.4 Å². The summed E-state index contributed by atoms with van der Waals surface area (Å²) in [5.74, 6) is -0.412. The average Bonchev–Trinajstić information content (AvgIpc) is 2.66. The van der Waals surface area contributed by atoms with E-state index in [0.29, 0.717) is 29.1 Å². The Labute approximate surface area is 176 Å². The molecule has 0 spiro atoms. The molecule has 3 rings (SSSR count). The lowest BCUT2D eigenvalue weighted by Gasteiger charge is -2.27. The molecule has 9 heteroatoms. The predicted molar refractivity (Wildman–Crippen MR) is 114 cm³/mol. The topological polar surface area (TPSA) is 105 Å². The van der Waals surface area contributed by atoms with Gasteiger partial charge in [0.2, 0.25) is 15.9 Å². The van der Waals surface area contributed by atoms with Crippen molar-refractivity contribution in [3.05, 3.63) is 47.5 Å². The highest BCUT2D eigenvalue weighted by Gasteiger charge is 2.31. The maximum absolute atomic E-state index is 13.1. The number of sulfonamides is 1. The van der Waals surface area contributed by atoms with Crippen LogP contribution >= 0.6 is 0 Å². The fraction of sp³-hybridized carbons (Fsp3) is 0.333. The standard InChI is InChI=1S/C21H25N3O5S/c1-5-17-21(26)23-16-10-14(3)19(11-18(16)29-17)30(27,28)24(4)12-20(25)22-15-8-6-7-13(2)9-15/h6-11,17H,5,12H2,1-4H3,(H,22,25)(H,23,26)/t17-/m1/s1. The van der Waals surface area contributed by atoms with Gasteiger partial charge in [-0.2, -0.15) is 4.31 Å². The lowest BCUT2D eigenvalue weighted by molar-refractivity contribution is -0.123. The van der Waals surface area contributed by atoms with E-state index in [1.807, 2.05) is 26.0 Å². The zero-order chi connectivity index (χ0) is 22.1. The molecule has 30 heavy (non-hydrogen) atoms. The molecule has 1 aliphatic rings. The molecule has 2 aromatic rings. The number of anilines is 2. The largest absolute Gasteiger partial charge is 0.478 e. The molecule has 8 nitrogen and oxygen atoms in total. The highest BCUT2D eigenvalue weighted by Crippen LogP contribution is 2.35. The van der Waals surface area contributed by atoms with Gasteiger partial charge in [-0.15, -0.1) is 0 Å². The summed E-state index contributed by atoms with van der Waals surface area (Å²) in [7, 11) is -2.61. The fourth-order valence-electron chi connectivity index (χ4n) is 3.21. The van der Waals surface area contributed by atoms with Crippen LogP contribution in [0, 0.1) is 13.8 Å². The number of amides is 2. The summed E-state index contributed by atoms with van der Waals surface area (Å²) in [5.41, 5.74) is 2.46. The third kappa shape index (κ3) is 4.47. The van der Waals surface area contributed by atoms with Crippen molar-refractivity contribution in [1.82, 2.24) is 4.31 Å². The molecule has 0 aliphatic carbocycles. The van der Waals surface area contributed by atoms with Crippen molar-refractivity contribution < 1.29 is 22.7 Å². The van der Waals surface area contributed by atoms with E-state index >= 15 is 0 Å². The van der Waals surface area contributed by atoms with Crippen LogP contribution in [0.5, 0.6) is 5.75 Å². The minimum absolute atomic E-state index is 0.0260. The quantitative estimate of drug-likeness (QED) is 0.732. The Balaban J connectivity index is 1.80. The smallest absolute Gasteiger partial charge is 0.265 e.